The van der Waals surface area contributed by atoms with E-state index in [9.17, 15) is 13.2 Å². The number of alkyl halides is 3. The minimum absolute atomic E-state index is 0.0553. The number of hydrogen-bond acceptors (Lipinski definition) is 5. The Morgan fingerprint density at radius 3 is 2.56 bits per heavy atom. The van der Waals surface area contributed by atoms with Gasteiger partial charge in [-0.25, -0.2) is 4.99 Å². The van der Waals surface area contributed by atoms with Gasteiger partial charge in [-0.05, 0) is 31.6 Å². The van der Waals surface area contributed by atoms with Gasteiger partial charge in [-0.1, -0.05) is 11.6 Å². The Morgan fingerprint density at radius 2 is 1.89 bits per heavy atom. The number of aliphatic imine (C=N–C) groups is 2. The second-order valence-corrected chi connectivity index (χ2v) is 7.27. The minimum atomic E-state index is -4.53. The third-order valence-electron chi connectivity index (χ3n) is 5.01. The van der Waals surface area contributed by atoms with Gasteiger partial charge in [-0.15, -0.1) is 0 Å². The van der Waals surface area contributed by atoms with E-state index in [0.717, 1.165) is 37.8 Å². The molecule has 3 aliphatic heterocycles. The maximum absolute atomic E-state index is 13.3. The number of anilines is 1. The van der Waals surface area contributed by atoms with Crippen LogP contribution in [0.4, 0.5) is 24.5 Å². The van der Waals surface area contributed by atoms with Crippen molar-refractivity contribution in [3.8, 4) is 0 Å². The van der Waals surface area contributed by atoms with Crippen molar-refractivity contribution in [3.63, 3.8) is 0 Å². The van der Waals surface area contributed by atoms with Crippen LogP contribution in [0.1, 0.15) is 19.4 Å². The zero-order chi connectivity index (χ0) is 19.3. The Morgan fingerprint density at radius 1 is 1.19 bits per heavy atom. The fourth-order valence-electron chi connectivity index (χ4n) is 3.37. The van der Waals surface area contributed by atoms with Gasteiger partial charge in [0.1, 0.15) is 0 Å². The van der Waals surface area contributed by atoms with Crippen molar-refractivity contribution in [2.75, 3.05) is 31.1 Å². The number of benzene rings is 1. The molecule has 1 N–H and O–H groups in total. The molecule has 1 atom stereocenters. The van der Waals surface area contributed by atoms with Crippen molar-refractivity contribution in [1.29, 1.82) is 0 Å². The van der Waals surface area contributed by atoms with Crippen LogP contribution in [0.5, 0.6) is 0 Å². The number of nitrogens with one attached hydrogen (secondary N) is 1. The summed E-state index contributed by atoms with van der Waals surface area (Å²) in [6.07, 6.45) is -2.69. The average molecular weight is 398 g/mol. The highest BCUT2D eigenvalue weighted by Gasteiger charge is 2.38. The fourth-order valence-corrected chi connectivity index (χ4v) is 3.64. The second-order valence-electron chi connectivity index (χ2n) is 6.86. The Kier molecular flexibility index (Phi) is 4.43. The third-order valence-corrected chi connectivity index (χ3v) is 5.32. The number of amidine groups is 2. The highest BCUT2D eigenvalue weighted by molar-refractivity contribution is 6.48. The quantitative estimate of drug-likeness (QED) is 0.723. The van der Waals surface area contributed by atoms with Crippen molar-refractivity contribution >= 4 is 34.6 Å². The molecule has 0 bridgehead atoms. The van der Waals surface area contributed by atoms with E-state index in [4.69, 9.17) is 16.6 Å². The first-order chi connectivity index (χ1) is 12.8. The van der Waals surface area contributed by atoms with E-state index in [1.165, 1.54) is 6.07 Å². The number of rotatable bonds is 0. The Labute approximate surface area is 160 Å². The Balaban J connectivity index is 1.89. The van der Waals surface area contributed by atoms with Gasteiger partial charge in [0, 0.05) is 32.4 Å². The summed E-state index contributed by atoms with van der Waals surface area (Å²) in [5.74, 6) is 1.26. The molecule has 4 rings (SSSR count). The number of hydrogen-bond donors (Lipinski definition) is 1. The summed E-state index contributed by atoms with van der Waals surface area (Å²) in [7, 11) is 0. The summed E-state index contributed by atoms with van der Waals surface area (Å²) in [6.45, 7) is 7.03. The lowest BCUT2D eigenvalue weighted by Crippen LogP contribution is -2.53. The molecule has 1 aromatic carbocycles. The number of fused-ring (bicyclic) bond motifs is 3. The van der Waals surface area contributed by atoms with Crippen molar-refractivity contribution < 1.29 is 13.2 Å². The van der Waals surface area contributed by atoms with Crippen molar-refractivity contribution in [2.24, 2.45) is 9.98 Å². The smallest absolute Gasteiger partial charge is 0.351 e. The molecule has 0 saturated carbocycles. The molecule has 1 saturated heterocycles. The third kappa shape index (κ3) is 3.21. The summed E-state index contributed by atoms with van der Waals surface area (Å²) in [6, 6.07) is 2.30. The van der Waals surface area contributed by atoms with Crippen molar-refractivity contribution in [1.82, 2.24) is 10.2 Å². The largest absolute Gasteiger partial charge is 0.417 e. The van der Waals surface area contributed by atoms with E-state index in [0.29, 0.717) is 23.0 Å². The molecule has 1 fully saturated rings. The Bertz CT molecular complexity index is 868. The number of piperazine rings is 1. The van der Waals surface area contributed by atoms with Crippen LogP contribution in [0.2, 0.25) is 5.02 Å². The lowest BCUT2D eigenvalue weighted by molar-refractivity contribution is -0.137. The SMILES string of the molecule is CC1=CN2C(=NC1C)C(N1CCNCC1)=Nc1cc(Cl)c(C(F)(F)F)cc12. The van der Waals surface area contributed by atoms with Gasteiger partial charge in [0.25, 0.3) is 0 Å². The van der Waals surface area contributed by atoms with Gasteiger partial charge in [0.05, 0.1) is 28.0 Å². The van der Waals surface area contributed by atoms with Gasteiger partial charge in [0.15, 0.2) is 11.7 Å². The van der Waals surface area contributed by atoms with E-state index in [-0.39, 0.29) is 11.1 Å². The van der Waals surface area contributed by atoms with Crippen LogP contribution in [-0.2, 0) is 6.18 Å². The van der Waals surface area contributed by atoms with E-state index < -0.39 is 11.7 Å². The van der Waals surface area contributed by atoms with Gasteiger partial charge in [0.2, 0.25) is 0 Å². The molecule has 9 heteroatoms. The molecule has 0 aromatic heterocycles. The van der Waals surface area contributed by atoms with Crippen LogP contribution in [0.3, 0.4) is 0 Å². The van der Waals surface area contributed by atoms with Gasteiger partial charge >= 0.3 is 6.18 Å². The summed E-state index contributed by atoms with van der Waals surface area (Å²) in [5, 5.41) is 2.94. The molecule has 27 heavy (non-hydrogen) atoms. The van der Waals surface area contributed by atoms with E-state index in [1.54, 1.807) is 4.90 Å². The average Bonchev–Trinajstić information content (AvgIpc) is 2.61. The van der Waals surface area contributed by atoms with Crippen LogP contribution in [0.25, 0.3) is 0 Å². The van der Waals surface area contributed by atoms with Crippen LogP contribution in [-0.4, -0.2) is 48.8 Å². The lowest BCUT2D eigenvalue weighted by atomic mass is 10.1. The molecule has 0 radical (unpaired) electrons. The molecule has 1 aromatic rings. The molecule has 0 aliphatic carbocycles. The second kappa shape index (κ2) is 6.53. The first-order valence-corrected chi connectivity index (χ1v) is 9.14. The predicted octanol–water partition coefficient (Wildman–Crippen LogP) is 3.82. The van der Waals surface area contributed by atoms with Gasteiger partial charge in [-0.3, -0.25) is 9.89 Å². The molecule has 144 valence electrons. The monoisotopic (exact) mass is 397 g/mol. The minimum Gasteiger partial charge on any atom is -0.351 e. The maximum Gasteiger partial charge on any atom is 0.417 e. The summed E-state index contributed by atoms with van der Waals surface area (Å²) >= 11 is 5.93. The highest BCUT2D eigenvalue weighted by atomic mass is 35.5. The van der Waals surface area contributed by atoms with Gasteiger partial charge < -0.3 is 10.2 Å². The summed E-state index contributed by atoms with van der Waals surface area (Å²) < 4.78 is 40.0. The van der Waals surface area contributed by atoms with E-state index in [1.807, 2.05) is 20.0 Å². The van der Waals surface area contributed by atoms with E-state index >= 15 is 0 Å². The maximum atomic E-state index is 13.3. The van der Waals surface area contributed by atoms with Crippen molar-refractivity contribution in [2.45, 2.75) is 26.1 Å². The molecular formula is C18H19ClF3N5. The van der Waals surface area contributed by atoms with Crippen LogP contribution >= 0.6 is 11.6 Å². The van der Waals surface area contributed by atoms with Crippen LogP contribution < -0.4 is 10.2 Å². The normalized spacial score (nSPS) is 22.6. The van der Waals surface area contributed by atoms with Crippen molar-refractivity contribution in [3.05, 3.63) is 34.5 Å². The zero-order valence-corrected chi connectivity index (χ0v) is 15.7. The summed E-state index contributed by atoms with van der Waals surface area (Å²) in [4.78, 5) is 13.2. The fraction of sp³-hybridized carbons (Fsp3) is 0.444. The topological polar surface area (TPSA) is 43.2 Å². The zero-order valence-electron chi connectivity index (χ0n) is 14.9. The predicted molar refractivity (Wildman–Crippen MR) is 101 cm³/mol. The molecule has 1 unspecified atom stereocenters. The van der Waals surface area contributed by atoms with Crippen LogP contribution in [0, 0.1) is 0 Å². The van der Waals surface area contributed by atoms with E-state index in [2.05, 4.69) is 15.2 Å². The molecule has 3 aliphatic rings. The molecule has 3 heterocycles. The number of halogens is 4. The molecular weight excluding hydrogens is 379 g/mol. The molecule has 5 nitrogen and oxygen atoms in total. The van der Waals surface area contributed by atoms with Gasteiger partial charge in [-0.2, -0.15) is 13.2 Å². The van der Waals surface area contributed by atoms with Crippen LogP contribution in [0.15, 0.2) is 33.9 Å². The highest BCUT2D eigenvalue weighted by Crippen LogP contribution is 2.44. The number of nitrogens with zero attached hydrogens (tertiary/aromatic N) is 4. The molecule has 0 amide bonds. The first kappa shape index (κ1) is 18.3. The summed E-state index contributed by atoms with van der Waals surface area (Å²) in [5.41, 5.74) is 0.859. The standard InChI is InChI=1S/C18H19ClF3N5/c1-10-9-27-15-7-12(18(20,21)22)13(19)8-14(15)25-16(17(27)24-11(10)2)26-5-3-23-4-6-26/h7-9,11,23H,3-6H2,1-2H3. The molecule has 0 spiro atoms. The Hall–Kier alpha value is -2.06. The lowest BCUT2D eigenvalue weighted by Gasteiger charge is -2.39. The first-order valence-electron chi connectivity index (χ1n) is 8.76.